The van der Waals surface area contributed by atoms with Crippen LogP contribution in [0.5, 0.6) is 0 Å². The average molecular weight is 299 g/mol. The molecule has 1 N–H and O–H groups in total. The lowest BCUT2D eigenvalue weighted by atomic mass is 9.75. The predicted molar refractivity (Wildman–Crippen MR) is 92.0 cm³/mol. The molecular formula is C19H25NS. The van der Waals surface area contributed by atoms with Crippen LogP contribution in [0.1, 0.15) is 60.6 Å². The van der Waals surface area contributed by atoms with Crippen molar-refractivity contribution in [1.29, 1.82) is 0 Å². The molecule has 1 aromatic heterocycles. The van der Waals surface area contributed by atoms with Gasteiger partial charge in [-0.25, -0.2) is 0 Å². The molecule has 21 heavy (non-hydrogen) atoms. The summed E-state index contributed by atoms with van der Waals surface area (Å²) in [6.07, 6.45) is 5.06. The minimum Gasteiger partial charge on any atom is -0.306 e. The van der Waals surface area contributed by atoms with Gasteiger partial charge in [-0.2, -0.15) is 0 Å². The molecule has 2 aromatic rings. The van der Waals surface area contributed by atoms with E-state index < -0.39 is 0 Å². The fourth-order valence-corrected chi connectivity index (χ4v) is 4.14. The molecule has 1 atom stereocenters. The number of thiophene rings is 1. The van der Waals surface area contributed by atoms with E-state index in [1.807, 2.05) is 11.3 Å². The van der Waals surface area contributed by atoms with Crippen molar-refractivity contribution < 1.29 is 0 Å². The number of hydrogen-bond donors (Lipinski definition) is 1. The molecule has 3 rings (SSSR count). The van der Waals surface area contributed by atoms with E-state index in [9.17, 15) is 0 Å². The molecule has 1 unspecified atom stereocenters. The van der Waals surface area contributed by atoms with E-state index in [-0.39, 0.29) is 0 Å². The second kappa shape index (κ2) is 6.76. The van der Waals surface area contributed by atoms with Gasteiger partial charge in [0.25, 0.3) is 0 Å². The summed E-state index contributed by atoms with van der Waals surface area (Å²) in [5.41, 5.74) is 2.91. The molecule has 1 aliphatic rings. The van der Waals surface area contributed by atoms with Crippen LogP contribution >= 0.6 is 11.3 Å². The summed E-state index contributed by atoms with van der Waals surface area (Å²) in [4.78, 5) is 1.50. The highest BCUT2D eigenvalue weighted by Gasteiger charge is 2.31. The van der Waals surface area contributed by atoms with Crippen LogP contribution in [0.4, 0.5) is 0 Å². The molecular weight excluding hydrogens is 274 g/mol. The van der Waals surface area contributed by atoms with Crippen LogP contribution in [0.3, 0.4) is 0 Å². The van der Waals surface area contributed by atoms with E-state index in [1.54, 1.807) is 0 Å². The van der Waals surface area contributed by atoms with Gasteiger partial charge in [-0.15, -0.1) is 11.3 Å². The standard InChI is InChI=1S/C19H25NS/c1-3-6-18(19-9-5-10-21-19)20-17-12-16(13-17)15-8-4-7-14(2)11-15/h4-5,7-11,16-18,20H,3,6,12-13H2,1-2H3. The largest absolute Gasteiger partial charge is 0.306 e. The molecule has 1 heterocycles. The zero-order valence-corrected chi connectivity index (χ0v) is 13.8. The van der Waals surface area contributed by atoms with Crippen LogP contribution < -0.4 is 5.32 Å². The third kappa shape index (κ3) is 3.56. The van der Waals surface area contributed by atoms with Gasteiger partial charge < -0.3 is 5.32 Å². The smallest absolute Gasteiger partial charge is 0.0416 e. The Morgan fingerprint density at radius 3 is 2.76 bits per heavy atom. The van der Waals surface area contributed by atoms with Crippen molar-refractivity contribution in [3.05, 3.63) is 57.8 Å². The molecule has 112 valence electrons. The molecule has 1 saturated carbocycles. The zero-order valence-electron chi connectivity index (χ0n) is 13.0. The van der Waals surface area contributed by atoms with Crippen LogP contribution in [0, 0.1) is 6.92 Å². The summed E-state index contributed by atoms with van der Waals surface area (Å²) < 4.78 is 0. The monoisotopic (exact) mass is 299 g/mol. The van der Waals surface area contributed by atoms with E-state index in [0.717, 1.165) is 5.92 Å². The maximum Gasteiger partial charge on any atom is 0.0416 e. The second-order valence-electron chi connectivity index (χ2n) is 6.30. The molecule has 2 heteroatoms. The Morgan fingerprint density at radius 1 is 1.24 bits per heavy atom. The molecule has 0 aliphatic heterocycles. The lowest BCUT2D eigenvalue weighted by Crippen LogP contribution is -2.41. The summed E-state index contributed by atoms with van der Waals surface area (Å²) in [6.45, 7) is 4.46. The molecule has 0 saturated heterocycles. The van der Waals surface area contributed by atoms with Gasteiger partial charge in [-0.1, -0.05) is 49.2 Å². The first-order valence-corrected chi connectivity index (χ1v) is 9.00. The van der Waals surface area contributed by atoms with E-state index in [4.69, 9.17) is 0 Å². The summed E-state index contributed by atoms with van der Waals surface area (Å²) >= 11 is 1.88. The van der Waals surface area contributed by atoms with Crippen LogP contribution in [-0.4, -0.2) is 6.04 Å². The van der Waals surface area contributed by atoms with Gasteiger partial charge in [0.05, 0.1) is 0 Å². The Labute approximate surface area is 132 Å². The van der Waals surface area contributed by atoms with Gasteiger partial charge in [-0.05, 0) is 49.1 Å². The van der Waals surface area contributed by atoms with Gasteiger partial charge in [0.15, 0.2) is 0 Å². The van der Waals surface area contributed by atoms with Gasteiger partial charge in [0, 0.05) is 17.0 Å². The SMILES string of the molecule is CCCC(NC1CC(c2cccc(C)c2)C1)c1cccs1. The highest BCUT2D eigenvalue weighted by molar-refractivity contribution is 7.10. The maximum absolute atomic E-state index is 3.88. The van der Waals surface area contributed by atoms with E-state index in [2.05, 4.69) is 60.9 Å². The molecule has 1 aliphatic carbocycles. The summed E-state index contributed by atoms with van der Waals surface area (Å²) in [5.74, 6) is 0.757. The van der Waals surface area contributed by atoms with Crippen molar-refractivity contribution in [3.63, 3.8) is 0 Å². The fourth-order valence-electron chi connectivity index (χ4n) is 3.32. The molecule has 0 amide bonds. The normalized spacial score (nSPS) is 22.8. The van der Waals surface area contributed by atoms with Gasteiger partial charge in [0.2, 0.25) is 0 Å². The fraction of sp³-hybridized carbons (Fsp3) is 0.474. The van der Waals surface area contributed by atoms with Crippen molar-refractivity contribution in [2.75, 3.05) is 0 Å². The summed E-state index contributed by atoms with van der Waals surface area (Å²) in [5, 5.41) is 6.07. The minimum atomic E-state index is 0.554. The maximum atomic E-state index is 3.88. The Morgan fingerprint density at radius 2 is 2.10 bits per heavy atom. The number of rotatable bonds is 6. The van der Waals surface area contributed by atoms with Crippen molar-refractivity contribution in [2.45, 2.75) is 57.5 Å². The van der Waals surface area contributed by atoms with Crippen molar-refractivity contribution in [3.8, 4) is 0 Å². The number of benzene rings is 1. The third-order valence-corrected chi connectivity index (χ3v) is 5.54. The number of hydrogen-bond acceptors (Lipinski definition) is 2. The Bertz CT molecular complexity index is 555. The Hall–Kier alpha value is -1.12. The number of aryl methyl sites for hydroxylation is 1. The molecule has 1 fully saturated rings. The van der Waals surface area contributed by atoms with Gasteiger partial charge >= 0.3 is 0 Å². The first-order chi connectivity index (χ1) is 10.3. The van der Waals surface area contributed by atoms with Crippen LogP contribution in [0.15, 0.2) is 41.8 Å². The highest BCUT2D eigenvalue weighted by atomic mass is 32.1. The molecule has 0 radical (unpaired) electrons. The second-order valence-corrected chi connectivity index (χ2v) is 7.28. The quantitative estimate of drug-likeness (QED) is 0.749. The zero-order chi connectivity index (χ0) is 14.7. The van der Waals surface area contributed by atoms with E-state index in [1.165, 1.54) is 41.7 Å². The average Bonchev–Trinajstić information content (AvgIpc) is 2.95. The highest BCUT2D eigenvalue weighted by Crippen LogP contribution is 2.39. The van der Waals surface area contributed by atoms with Crippen LogP contribution in [-0.2, 0) is 0 Å². The first kappa shape index (κ1) is 14.8. The minimum absolute atomic E-state index is 0.554. The van der Waals surface area contributed by atoms with E-state index >= 15 is 0 Å². The lowest BCUT2D eigenvalue weighted by Gasteiger charge is -2.39. The van der Waals surface area contributed by atoms with Crippen LogP contribution in [0.2, 0.25) is 0 Å². The molecule has 0 spiro atoms. The van der Waals surface area contributed by atoms with Gasteiger partial charge in [0.1, 0.15) is 0 Å². The van der Waals surface area contributed by atoms with Crippen molar-refractivity contribution in [2.24, 2.45) is 0 Å². The summed E-state index contributed by atoms with van der Waals surface area (Å²) in [7, 11) is 0. The Balaban J connectivity index is 1.56. The lowest BCUT2D eigenvalue weighted by molar-refractivity contribution is 0.261. The van der Waals surface area contributed by atoms with Crippen LogP contribution in [0.25, 0.3) is 0 Å². The molecule has 1 nitrogen and oxygen atoms in total. The first-order valence-electron chi connectivity index (χ1n) is 8.12. The predicted octanol–water partition coefficient (Wildman–Crippen LogP) is 5.43. The van der Waals surface area contributed by atoms with Crippen molar-refractivity contribution >= 4 is 11.3 Å². The molecule has 1 aromatic carbocycles. The van der Waals surface area contributed by atoms with Crippen molar-refractivity contribution in [1.82, 2.24) is 5.32 Å². The van der Waals surface area contributed by atoms with E-state index in [0.29, 0.717) is 12.1 Å². The number of nitrogens with one attached hydrogen (secondary N) is 1. The molecule has 0 bridgehead atoms. The Kier molecular flexibility index (Phi) is 4.77. The van der Waals surface area contributed by atoms with Gasteiger partial charge in [-0.3, -0.25) is 0 Å². The third-order valence-electron chi connectivity index (χ3n) is 4.55. The topological polar surface area (TPSA) is 12.0 Å². The summed E-state index contributed by atoms with van der Waals surface area (Å²) in [6, 6.07) is 14.7.